The minimum absolute atomic E-state index is 0.192. The minimum Gasteiger partial charge on any atom is -0.320 e. The van der Waals surface area contributed by atoms with E-state index in [1.165, 1.54) is 10.5 Å². The topological polar surface area (TPSA) is 76.3 Å². The van der Waals surface area contributed by atoms with Gasteiger partial charge in [-0.15, -0.1) is 0 Å². The highest BCUT2D eigenvalue weighted by Gasteiger charge is 2.32. The van der Waals surface area contributed by atoms with Crippen LogP contribution in [0.4, 0.5) is 0 Å². The predicted octanol–water partition coefficient (Wildman–Crippen LogP) is 0.906. The van der Waals surface area contributed by atoms with Crippen molar-refractivity contribution in [1.82, 2.24) is 9.29 Å². The molecule has 1 aliphatic rings. The minimum atomic E-state index is -3.52. The molecular weight excluding hydrogens is 306 g/mol. The van der Waals surface area contributed by atoms with E-state index in [0.717, 1.165) is 0 Å². The van der Waals surface area contributed by atoms with Gasteiger partial charge in [0.25, 0.3) is 0 Å². The van der Waals surface area contributed by atoms with Crippen LogP contribution in [0.1, 0.15) is 19.4 Å². The molecule has 2 rings (SSSR count). The van der Waals surface area contributed by atoms with Gasteiger partial charge >= 0.3 is 0 Å². The third-order valence-electron chi connectivity index (χ3n) is 3.07. The molecule has 1 aliphatic heterocycles. The molecule has 1 fully saturated rings. The molecule has 0 bridgehead atoms. The monoisotopic (exact) mass is 325 g/mol. The van der Waals surface area contributed by atoms with Crippen LogP contribution in [0, 0.1) is 11.8 Å². The van der Waals surface area contributed by atoms with Crippen molar-refractivity contribution in [2.75, 3.05) is 19.6 Å². The van der Waals surface area contributed by atoms with Crippen LogP contribution in [0.2, 0.25) is 0 Å². The van der Waals surface area contributed by atoms with E-state index >= 15 is 0 Å². The van der Waals surface area contributed by atoms with Gasteiger partial charge in [0, 0.05) is 41.5 Å². The number of hydrogen-bond donors (Lipinski definition) is 1. The molecule has 7 heteroatoms. The molecule has 21 heavy (non-hydrogen) atoms. The Morgan fingerprint density at radius 2 is 2.05 bits per heavy atom. The third-order valence-corrected chi connectivity index (χ3v) is 6.10. The Morgan fingerprint density at radius 1 is 1.38 bits per heavy atom. The molecule has 2 heterocycles. The number of aromatic nitrogens is 1. The fourth-order valence-electron chi connectivity index (χ4n) is 2.26. The van der Waals surface area contributed by atoms with Crippen molar-refractivity contribution in [3.63, 3.8) is 0 Å². The molecule has 0 saturated carbocycles. The Bertz CT molecular complexity index is 654. The molecular formula is C14H19N3O2S2. The van der Waals surface area contributed by atoms with Gasteiger partial charge in [-0.1, -0.05) is 25.7 Å². The highest BCUT2D eigenvalue weighted by molar-refractivity contribution is 8.00. The molecule has 2 unspecified atom stereocenters. The molecule has 0 spiro atoms. The maximum atomic E-state index is 12.7. The number of hydrogen-bond acceptors (Lipinski definition) is 5. The van der Waals surface area contributed by atoms with E-state index < -0.39 is 10.0 Å². The van der Waals surface area contributed by atoms with Crippen molar-refractivity contribution in [3.8, 4) is 11.8 Å². The molecule has 114 valence electrons. The number of nitrogens with zero attached hydrogens (tertiary/aromatic N) is 2. The summed E-state index contributed by atoms with van der Waals surface area (Å²) in [6.07, 6.45) is 2.92. The summed E-state index contributed by atoms with van der Waals surface area (Å²) in [5.74, 6) is 5.52. The molecule has 5 nitrogen and oxygen atoms in total. The van der Waals surface area contributed by atoms with Crippen LogP contribution in [-0.4, -0.2) is 47.8 Å². The summed E-state index contributed by atoms with van der Waals surface area (Å²) in [5, 5.41) is 0.577. The first-order valence-corrected chi connectivity index (χ1v) is 9.11. The number of pyridine rings is 1. The van der Waals surface area contributed by atoms with Gasteiger partial charge < -0.3 is 5.73 Å². The molecule has 2 atom stereocenters. The second-order valence-corrected chi connectivity index (χ2v) is 8.81. The van der Waals surface area contributed by atoms with Crippen LogP contribution in [0.5, 0.6) is 0 Å². The summed E-state index contributed by atoms with van der Waals surface area (Å²) in [4.78, 5) is 4.17. The first kappa shape index (κ1) is 16.3. The van der Waals surface area contributed by atoms with E-state index in [2.05, 4.69) is 16.8 Å². The number of sulfonamides is 1. The molecule has 0 radical (unpaired) electrons. The van der Waals surface area contributed by atoms with Crippen LogP contribution in [0.3, 0.4) is 0 Å². The van der Waals surface area contributed by atoms with Crippen LogP contribution in [0.15, 0.2) is 23.4 Å². The zero-order valence-corrected chi connectivity index (χ0v) is 13.7. The van der Waals surface area contributed by atoms with Crippen LogP contribution in [-0.2, 0) is 10.0 Å². The van der Waals surface area contributed by atoms with Crippen molar-refractivity contribution >= 4 is 21.8 Å². The van der Waals surface area contributed by atoms with Gasteiger partial charge in [-0.3, -0.25) is 4.98 Å². The Labute approximate surface area is 130 Å². The van der Waals surface area contributed by atoms with Crippen LogP contribution in [0.25, 0.3) is 0 Å². The molecule has 2 N–H and O–H groups in total. The van der Waals surface area contributed by atoms with Gasteiger partial charge in [0.05, 0.1) is 6.54 Å². The lowest BCUT2D eigenvalue weighted by atomic mass is 10.3. The van der Waals surface area contributed by atoms with Crippen LogP contribution >= 0.6 is 11.8 Å². The first-order chi connectivity index (χ1) is 9.93. The second-order valence-electron chi connectivity index (χ2n) is 4.99. The molecule has 1 aromatic rings. The summed E-state index contributed by atoms with van der Waals surface area (Å²) >= 11 is 1.81. The highest BCUT2D eigenvalue weighted by Crippen LogP contribution is 2.28. The molecule has 0 amide bonds. The Balaban J connectivity index is 2.31. The standard InChI is InChI=1S/C14H19N3O2S2/c1-11-9-17(10-12(2)20-11)21(18,19)14-6-13(4-3-5-15)7-16-8-14/h6-8,11-12H,5,9-10,15H2,1-2H3. The van der Waals surface area contributed by atoms with Gasteiger partial charge in [-0.2, -0.15) is 16.1 Å². The van der Waals surface area contributed by atoms with Gasteiger partial charge in [0.1, 0.15) is 4.90 Å². The van der Waals surface area contributed by atoms with Gasteiger partial charge in [0.2, 0.25) is 10.0 Å². The number of nitrogens with two attached hydrogens (primary N) is 1. The lowest BCUT2D eigenvalue weighted by molar-refractivity contribution is 0.404. The molecule has 1 saturated heterocycles. The van der Waals surface area contributed by atoms with E-state index in [0.29, 0.717) is 18.7 Å². The first-order valence-electron chi connectivity index (χ1n) is 6.73. The zero-order valence-electron chi connectivity index (χ0n) is 12.1. The Kier molecular flexibility index (Phi) is 5.27. The normalized spacial score (nSPS) is 23.4. The van der Waals surface area contributed by atoms with Crippen molar-refractivity contribution in [2.24, 2.45) is 5.73 Å². The fourth-order valence-corrected chi connectivity index (χ4v) is 5.38. The zero-order chi connectivity index (χ0) is 15.5. The molecule has 1 aromatic heterocycles. The summed E-state index contributed by atoms with van der Waals surface area (Å²) in [6.45, 7) is 5.37. The van der Waals surface area contributed by atoms with Crippen molar-refractivity contribution < 1.29 is 8.42 Å². The highest BCUT2D eigenvalue weighted by atomic mass is 32.2. The van der Waals surface area contributed by atoms with Gasteiger partial charge in [-0.05, 0) is 6.07 Å². The van der Waals surface area contributed by atoms with E-state index in [4.69, 9.17) is 5.73 Å². The third kappa shape index (κ3) is 3.98. The Hall–Kier alpha value is -1.07. The maximum Gasteiger partial charge on any atom is 0.244 e. The summed E-state index contributed by atoms with van der Waals surface area (Å²) < 4.78 is 27.0. The van der Waals surface area contributed by atoms with E-state index in [9.17, 15) is 8.42 Å². The van der Waals surface area contributed by atoms with E-state index in [-0.39, 0.29) is 21.9 Å². The number of thioether (sulfide) groups is 1. The van der Waals surface area contributed by atoms with E-state index in [1.807, 2.05) is 25.6 Å². The fraction of sp³-hybridized carbons (Fsp3) is 0.500. The maximum absolute atomic E-state index is 12.7. The van der Waals surface area contributed by atoms with Gasteiger partial charge in [-0.25, -0.2) is 8.42 Å². The predicted molar refractivity (Wildman–Crippen MR) is 85.4 cm³/mol. The smallest absolute Gasteiger partial charge is 0.244 e. The van der Waals surface area contributed by atoms with Crippen LogP contribution < -0.4 is 5.73 Å². The van der Waals surface area contributed by atoms with Crippen molar-refractivity contribution in [2.45, 2.75) is 29.2 Å². The lowest BCUT2D eigenvalue weighted by Gasteiger charge is -2.33. The van der Waals surface area contributed by atoms with Crippen molar-refractivity contribution in [3.05, 3.63) is 24.0 Å². The average molecular weight is 325 g/mol. The Morgan fingerprint density at radius 3 is 2.67 bits per heavy atom. The summed E-state index contributed by atoms with van der Waals surface area (Å²) in [5.41, 5.74) is 5.89. The molecule has 0 aromatic carbocycles. The average Bonchev–Trinajstić information content (AvgIpc) is 2.44. The quantitative estimate of drug-likeness (QED) is 0.818. The largest absolute Gasteiger partial charge is 0.320 e. The number of rotatable bonds is 2. The molecule has 0 aliphatic carbocycles. The summed E-state index contributed by atoms with van der Waals surface area (Å²) in [6, 6.07) is 1.56. The second kappa shape index (κ2) is 6.79. The summed E-state index contributed by atoms with van der Waals surface area (Å²) in [7, 11) is -3.52. The SMILES string of the molecule is CC1CN(S(=O)(=O)c2cncc(C#CCN)c2)CC(C)S1. The van der Waals surface area contributed by atoms with Gasteiger partial charge in [0.15, 0.2) is 0 Å². The van der Waals surface area contributed by atoms with E-state index in [1.54, 1.807) is 12.3 Å². The van der Waals surface area contributed by atoms with Crippen molar-refractivity contribution in [1.29, 1.82) is 0 Å². The lowest BCUT2D eigenvalue weighted by Crippen LogP contribution is -2.43.